The van der Waals surface area contributed by atoms with Crippen LogP contribution in [0.2, 0.25) is 0 Å². The van der Waals surface area contributed by atoms with E-state index in [2.05, 4.69) is 20.1 Å². The third-order valence-electron chi connectivity index (χ3n) is 2.42. The highest BCUT2D eigenvalue weighted by atomic mass is 15.3. The van der Waals surface area contributed by atoms with Gasteiger partial charge < -0.3 is 5.73 Å². The Morgan fingerprint density at radius 1 is 1.06 bits per heavy atom. The minimum Gasteiger partial charge on any atom is -0.384 e. The van der Waals surface area contributed by atoms with Crippen molar-refractivity contribution in [2.75, 3.05) is 5.73 Å². The lowest BCUT2D eigenvalue weighted by Crippen LogP contribution is -2.03. The molecule has 2 heterocycles. The predicted octanol–water partition coefficient (Wildman–Crippen LogP) is 1.31. The van der Waals surface area contributed by atoms with Gasteiger partial charge in [-0.25, -0.2) is 19.6 Å². The van der Waals surface area contributed by atoms with E-state index in [0.29, 0.717) is 17.5 Å². The van der Waals surface area contributed by atoms with Crippen LogP contribution in [0.15, 0.2) is 49.1 Å². The molecule has 0 radical (unpaired) electrons. The van der Waals surface area contributed by atoms with Gasteiger partial charge in [-0.15, -0.1) is 0 Å². The summed E-state index contributed by atoms with van der Waals surface area (Å²) in [5.41, 5.74) is 6.70. The number of anilines is 1. The molecule has 0 aliphatic rings. The number of nitrogen functional groups attached to an aromatic ring is 1. The number of nitrogens with two attached hydrogens (primary N) is 1. The van der Waals surface area contributed by atoms with Gasteiger partial charge in [-0.05, 0) is 0 Å². The summed E-state index contributed by atoms with van der Waals surface area (Å²) in [6.07, 6.45) is 3.01. The molecule has 0 atom stereocenters. The SMILES string of the molecule is Nc1cc(-n2cncn2)nc(-c2ccccc2)n1. The summed E-state index contributed by atoms with van der Waals surface area (Å²) < 4.78 is 1.55. The van der Waals surface area contributed by atoms with Gasteiger partial charge >= 0.3 is 0 Å². The van der Waals surface area contributed by atoms with E-state index in [9.17, 15) is 0 Å². The van der Waals surface area contributed by atoms with Crippen LogP contribution < -0.4 is 5.73 Å². The predicted molar refractivity (Wildman–Crippen MR) is 66.8 cm³/mol. The van der Waals surface area contributed by atoms with Crippen molar-refractivity contribution >= 4 is 5.82 Å². The normalized spacial score (nSPS) is 10.4. The molecule has 0 fully saturated rings. The van der Waals surface area contributed by atoms with Crippen molar-refractivity contribution in [3.8, 4) is 17.2 Å². The van der Waals surface area contributed by atoms with Crippen molar-refractivity contribution < 1.29 is 0 Å². The largest absolute Gasteiger partial charge is 0.384 e. The average Bonchev–Trinajstić information content (AvgIpc) is 2.93. The maximum Gasteiger partial charge on any atom is 0.163 e. The van der Waals surface area contributed by atoms with Gasteiger partial charge in [0, 0.05) is 11.6 Å². The van der Waals surface area contributed by atoms with Crippen molar-refractivity contribution in [2.24, 2.45) is 0 Å². The van der Waals surface area contributed by atoms with E-state index in [1.807, 2.05) is 30.3 Å². The zero-order chi connectivity index (χ0) is 12.4. The lowest BCUT2D eigenvalue weighted by atomic mass is 10.2. The number of aromatic nitrogens is 5. The summed E-state index contributed by atoms with van der Waals surface area (Å²) in [4.78, 5) is 12.5. The standard InChI is InChI=1S/C12H10N6/c13-10-6-11(18-8-14-7-15-18)17-12(16-10)9-4-2-1-3-5-9/h1-8H,(H2,13,16,17). The van der Waals surface area contributed by atoms with Gasteiger partial charge in [0.05, 0.1) is 0 Å². The highest BCUT2D eigenvalue weighted by Crippen LogP contribution is 2.17. The third-order valence-corrected chi connectivity index (χ3v) is 2.42. The highest BCUT2D eigenvalue weighted by Gasteiger charge is 2.06. The van der Waals surface area contributed by atoms with E-state index in [1.165, 1.54) is 6.33 Å². The zero-order valence-corrected chi connectivity index (χ0v) is 9.43. The second-order valence-corrected chi connectivity index (χ2v) is 3.68. The molecule has 0 amide bonds. The van der Waals surface area contributed by atoms with Gasteiger partial charge in [0.15, 0.2) is 11.6 Å². The Hall–Kier alpha value is -2.76. The third kappa shape index (κ3) is 1.91. The molecule has 88 valence electrons. The molecule has 0 unspecified atom stereocenters. The highest BCUT2D eigenvalue weighted by molar-refractivity contribution is 5.58. The number of rotatable bonds is 2. The molecule has 18 heavy (non-hydrogen) atoms. The summed E-state index contributed by atoms with van der Waals surface area (Å²) in [6.45, 7) is 0. The quantitative estimate of drug-likeness (QED) is 0.727. The van der Waals surface area contributed by atoms with Gasteiger partial charge in [0.2, 0.25) is 0 Å². The molecule has 6 nitrogen and oxygen atoms in total. The van der Waals surface area contributed by atoms with Crippen LogP contribution >= 0.6 is 0 Å². The fraction of sp³-hybridized carbons (Fsp3) is 0. The Morgan fingerprint density at radius 3 is 2.61 bits per heavy atom. The van der Waals surface area contributed by atoms with Crippen molar-refractivity contribution in [1.29, 1.82) is 0 Å². The van der Waals surface area contributed by atoms with E-state index in [1.54, 1.807) is 17.1 Å². The second-order valence-electron chi connectivity index (χ2n) is 3.68. The molecule has 0 spiro atoms. The monoisotopic (exact) mass is 238 g/mol. The Balaban J connectivity index is 2.12. The Morgan fingerprint density at radius 2 is 1.89 bits per heavy atom. The number of hydrogen-bond acceptors (Lipinski definition) is 5. The summed E-state index contributed by atoms with van der Waals surface area (Å²) in [6, 6.07) is 11.3. The zero-order valence-electron chi connectivity index (χ0n) is 9.43. The first-order valence-electron chi connectivity index (χ1n) is 5.38. The first kappa shape index (κ1) is 10.4. The van der Waals surface area contributed by atoms with Gasteiger partial charge in [0.25, 0.3) is 0 Å². The van der Waals surface area contributed by atoms with Gasteiger partial charge in [-0.2, -0.15) is 5.10 Å². The smallest absolute Gasteiger partial charge is 0.163 e. The molecule has 0 aliphatic heterocycles. The van der Waals surface area contributed by atoms with Crippen molar-refractivity contribution in [3.63, 3.8) is 0 Å². The molecular formula is C12H10N6. The topological polar surface area (TPSA) is 82.5 Å². The molecule has 0 saturated carbocycles. The fourth-order valence-electron chi connectivity index (χ4n) is 1.61. The van der Waals surface area contributed by atoms with E-state index < -0.39 is 0 Å². The average molecular weight is 238 g/mol. The molecule has 3 rings (SSSR count). The lowest BCUT2D eigenvalue weighted by Gasteiger charge is -2.05. The molecule has 1 aromatic carbocycles. The number of nitrogens with zero attached hydrogens (tertiary/aromatic N) is 5. The van der Waals surface area contributed by atoms with Crippen LogP contribution in [0.25, 0.3) is 17.2 Å². The molecule has 2 N–H and O–H groups in total. The second kappa shape index (κ2) is 4.25. The van der Waals surface area contributed by atoms with Crippen LogP contribution in [-0.2, 0) is 0 Å². The van der Waals surface area contributed by atoms with Crippen LogP contribution in [0.4, 0.5) is 5.82 Å². The summed E-state index contributed by atoms with van der Waals surface area (Å²) in [7, 11) is 0. The van der Waals surface area contributed by atoms with Crippen LogP contribution in [-0.4, -0.2) is 24.7 Å². The molecular weight excluding hydrogens is 228 g/mol. The minimum atomic E-state index is 0.398. The minimum absolute atomic E-state index is 0.398. The van der Waals surface area contributed by atoms with E-state index in [4.69, 9.17) is 5.73 Å². The van der Waals surface area contributed by atoms with Crippen molar-refractivity contribution in [3.05, 3.63) is 49.1 Å². The van der Waals surface area contributed by atoms with E-state index >= 15 is 0 Å². The first-order chi connectivity index (χ1) is 8.83. The van der Waals surface area contributed by atoms with Crippen LogP contribution in [0.3, 0.4) is 0 Å². The van der Waals surface area contributed by atoms with Crippen molar-refractivity contribution in [1.82, 2.24) is 24.7 Å². The molecule has 0 bridgehead atoms. The Kier molecular flexibility index (Phi) is 2.45. The Bertz CT molecular complexity index is 648. The molecule has 2 aromatic heterocycles. The van der Waals surface area contributed by atoms with E-state index in [-0.39, 0.29) is 0 Å². The molecule has 0 saturated heterocycles. The van der Waals surface area contributed by atoms with Gasteiger partial charge in [-0.3, -0.25) is 0 Å². The van der Waals surface area contributed by atoms with Crippen LogP contribution in [0.1, 0.15) is 0 Å². The summed E-state index contributed by atoms with van der Waals surface area (Å²) in [5.74, 6) is 1.56. The van der Waals surface area contributed by atoms with Crippen LogP contribution in [0.5, 0.6) is 0 Å². The number of hydrogen-bond donors (Lipinski definition) is 1. The van der Waals surface area contributed by atoms with Gasteiger partial charge in [-0.1, -0.05) is 30.3 Å². The lowest BCUT2D eigenvalue weighted by molar-refractivity contribution is 0.841. The first-order valence-corrected chi connectivity index (χ1v) is 5.38. The molecule has 3 aromatic rings. The van der Waals surface area contributed by atoms with Crippen LogP contribution in [0, 0.1) is 0 Å². The van der Waals surface area contributed by atoms with E-state index in [0.717, 1.165) is 5.56 Å². The molecule has 6 heteroatoms. The summed E-state index contributed by atoms with van der Waals surface area (Å²) in [5, 5.41) is 4.02. The fourth-order valence-corrected chi connectivity index (χ4v) is 1.61. The maximum absolute atomic E-state index is 5.79. The van der Waals surface area contributed by atoms with Crippen molar-refractivity contribution in [2.45, 2.75) is 0 Å². The van der Waals surface area contributed by atoms with Gasteiger partial charge in [0.1, 0.15) is 18.5 Å². The summed E-state index contributed by atoms with van der Waals surface area (Å²) >= 11 is 0. The number of benzene rings is 1. The molecule has 0 aliphatic carbocycles. The maximum atomic E-state index is 5.79. The Labute approximate surface area is 103 Å².